The Morgan fingerprint density at radius 2 is 2.07 bits per heavy atom. The summed E-state index contributed by atoms with van der Waals surface area (Å²) in [5.74, 6) is -0.718. The molecular weight excluding hydrogens is 380 g/mol. The van der Waals surface area contributed by atoms with Gasteiger partial charge in [0.25, 0.3) is 12.3 Å². The Kier molecular flexibility index (Phi) is 5.10. The second-order valence-electron chi connectivity index (χ2n) is 7.71. The third-order valence-electron chi connectivity index (χ3n) is 6.07. The molecular formula is C21H23F2N3O3. The lowest BCUT2D eigenvalue weighted by Gasteiger charge is -2.35. The number of fused-ring (bicyclic) bond motifs is 2. The number of aromatic amines is 1. The fraction of sp³-hybridized carbons (Fsp3) is 0.476. The zero-order valence-electron chi connectivity index (χ0n) is 16.1. The highest BCUT2D eigenvalue weighted by Gasteiger charge is 2.62. The number of ether oxygens (including phenoxy) is 1. The van der Waals surface area contributed by atoms with Crippen molar-refractivity contribution in [1.82, 2.24) is 15.1 Å². The summed E-state index contributed by atoms with van der Waals surface area (Å²) in [7, 11) is 0. The Balaban J connectivity index is 1.66. The van der Waals surface area contributed by atoms with E-state index in [1.54, 1.807) is 11.8 Å². The van der Waals surface area contributed by atoms with Crippen LogP contribution in [0.3, 0.4) is 0 Å². The van der Waals surface area contributed by atoms with Gasteiger partial charge >= 0.3 is 5.97 Å². The van der Waals surface area contributed by atoms with Crippen molar-refractivity contribution in [2.24, 2.45) is 5.41 Å². The Hall–Kier alpha value is -2.77. The third-order valence-corrected chi connectivity index (χ3v) is 6.07. The molecule has 1 N–H and O–H groups in total. The molecule has 2 saturated heterocycles. The number of rotatable bonds is 6. The van der Waals surface area contributed by atoms with Crippen LogP contribution in [-0.2, 0) is 16.0 Å². The van der Waals surface area contributed by atoms with E-state index in [4.69, 9.17) is 4.74 Å². The second-order valence-corrected chi connectivity index (χ2v) is 7.71. The van der Waals surface area contributed by atoms with Gasteiger partial charge in [-0.1, -0.05) is 30.3 Å². The van der Waals surface area contributed by atoms with Crippen molar-refractivity contribution < 1.29 is 23.1 Å². The van der Waals surface area contributed by atoms with Crippen molar-refractivity contribution >= 4 is 11.9 Å². The Morgan fingerprint density at radius 1 is 1.31 bits per heavy atom. The highest BCUT2D eigenvalue weighted by atomic mass is 19.3. The molecule has 1 aromatic heterocycles. The van der Waals surface area contributed by atoms with Crippen molar-refractivity contribution in [3.63, 3.8) is 0 Å². The Labute approximate surface area is 167 Å². The van der Waals surface area contributed by atoms with E-state index in [1.165, 1.54) is 0 Å². The number of halogens is 2. The lowest BCUT2D eigenvalue weighted by Crippen LogP contribution is -2.47. The second kappa shape index (κ2) is 7.57. The quantitative estimate of drug-likeness (QED) is 0.749. The summed E-state index contributed by atoms with van der Waals surface area (Å²) in [5.41, 5.74) is -0.268. The van der Waals surface area contributed by atoms with Gasteiger partial charge in [-0.3, -0.25) is 14.7 Å². The predicted octanol–water partition coefficient (Wildman–Crippen LogP) is 3.52. The van der Waals surface area contributed by atoms with Crippen molar-refractivity contribution in [3.8, 4) is 0 Å². The standard InChI is InChI=1S/C21H23F2N3O3/c1-2-29-20(28)21(11-13-6-4-3-5-7-13)12-14-8-9-17(21)26(14)19(27)16-10-15(18(22)23)24-25-16/h3-7,10,14,17-18H,2,8-9,11-12H2,1H3,(H,24,25)/t14-,17+,21+/m1/s1. The number of carbonyl (C=O) groups is 2. The van der Waals surface area contributed by atoms with Crippen LogP contribution in [0.1, 0.15) is 54.4 Å². The van der Waals surface area contributed by atoms with E-state index < -0.39 is 17.7 Å². The molecule has 3 heterocycles. The van der Waals surface area contributed by atoms with Crippen LogP contribution >= 0.6 is 0 Å². The van der Waals surface area contributed by atoms with E-state index in [-0.39, 0.29) is 36.0 Å². The molecule has 8 heteroatoms. The molecule has 4 rings (SSSR count). The first-order chi connectivity index (χ1) is 14.0. The van der Waals surface area contributed by atoms with Crippen molar-refractivity contribution in [2.45, 2.75) is 51.1 Å². The van der Waals surface area contributed by atoms with Gasteiger partial charge in [0.05, 0.1) is 12.0 Å². The lowest BCUT2D eigenvalue weighted by molar-refractivity contribution is -0.157. The molecule has 2 aliphatic heterocycles. The number of hydrogen-bond acceptors (Lipinski definition) is 4. The smallest absolute Gasteiger partial charge is 0.314 e. The highest BCUT2D eigenvalue weighted by Crippen LogP contribution is 2.52. The number of benzene rings is 1. The monoisotopic (exact) mass is 403 g/mol. The van der Waals surface area contributed by atoms with Crippen LogP contribution in [0.2, 0.25) is 0 Å². The molecule has 6 nitrogen and oxygen atoms in total. The van der Waals surface area contributed by atoms with Gasteiger partial charge in [0, 0.05) is 12.1 Å². The summed E-state index contributed by atoms with van der Waals surface area (Å²) in [6.45, 7) is 2.03. The van der Waals surface area contributed by atoms with Crippen LogP contribution in [0.4, 0.5) is 8.78 Å². The molecule has 29 heavy (non-hydrogen) atoms. The summed E-state index contributed by atoms with van der Waals surface area (Å²) < 4.78 is 31.2. The maximum Gasteiger partial charge on any atom is 0.314 e. The molecule has 2 aliphatic rings. The minimum Gasteiger partial charge on any atom is -0.465 e. The molecule has 1 amide bonds. The molecule has 1 aromatic carbocycles. The summed E-state index contributed by atoms with van der Waals surface area (Å²) in [5, 5.41) is 6.00. The maximum atomic E-state index is 13.1. The normalized spacial score (nSPS) is 25.6. The molecule has 0 radical (unpaired) electrons. The fourth-order valence-electron chi connectivity index (χ4n) is 4.90. The molecule has 2 fully saturated rings. The van der Waals surface area contributed by atoms with Crippen molar-refractivity contribution in [1.29, 1.82) is 0 Å². The number of aromatic nitrogens is 2. The maximum absolute atomic E-state index is 13.1. The number of hydrogen-bond donors (Lipinski definition) is 1. The molecule has 0 spiro atoms. The van der Waals surface area contributed by atoms with Gasteiger partial charge in [-0.05, 0) is 44.2 Å². The summed E-state index contributed by atoms with van der Waals surface area (Å²) >= 11 is 0. The molecule has 3 atom stereocenters. The van der Waals surface area contributed by atoms with Crippen molar-refractivity contribution in [3.05, 3.63) is 53.3 Å². The van der Waals surface area contributed by atoms with Crippen LogP contribution in [0.5, 0.6) is 0 Å². The van der Waals surface area contributed by atoms with E-state index in [1.807, 2.05) is 30.3 Å². The van der Waals surface area contributed by atoms with E-state index >= 15 is 0 Å². The van der Waals surface area contributed by atoms with Gasteiger partial charge in [0.2, 0.25) is 0 Å². The van der Waals surface area contributed by atoms with E-state index in [0.29, 0.717) is 19.3 Å². The van der Waals surface area contributed by atoms with E-state index in [2.05, 4.69) is 10.2 Å². The average molecular weight is 403 g/mol. The molecule has 2 bridgehead atoms. The number of alkyl halides is 2. The summed E-state index contributed by atoms with van der Waals surface area (Å²) in [4.78, 5) is 27.9. The van der Waals surface area contributed by atoms with Crippen LogP contribution in [0, 0.1) is 5.41 Å². The zero-order chi connectivity index (χ0) is 20.6. The van der Waals surface area contributed by atoms with Gasteiger partial charge < -0.3 is 9.64 Å². The number of H-pyrrole nitrogens is 1. The first-order valence-electron chi connectivity index (χ1n) is 9.83. The first-order valence-corrected chi connectivity index (χ1v) is 9.83. The summed E-state index contributed by atoms with van der Waals surface area (Å²) in [6, 6.07) is 10.3. The number of amides is 1. The Morgan fingerprint density at radius 3 is 2.72 bits per heavy atom. The van der Waals surface area contributed by atoms with E-state index in [9.17, 15) is 18.4 Å². The van der Waals surface area contributed by atoms with Gasteiger partial charge in [-0.15, -0.1) is 0 Å². The largest absolute Gasteiger partial charge is 0.465 e. The molecule has 0 unspecified atom stereocenters. The molecule has 2 aromatic rings. The minimum absolute atomic E-state index is 0.0448. The van der Waals surface area contributed by atoms with Crippen LogP contribution in [0.25, 0.3) is 0 Å². The van der Waals surface area contributed by atoms with E-state index in [0.717, 1.165) is 18.1 Å². The van der Waals surface area contributed by atoms with Gasteiger partial charge in [-0.25, -0.2) is 8.78 Å². The number of esters is 1. The van der Waals surface area contributed by atoms with Gasteiger partial charge in [0.15, 0.2) is 5.69 Å². The predicted molar refractivity (Wildman–Crippen MR) is 100 cm³/mol. The molecule has 0 saturated carbocycles. The lowest BCUT2D eigenvalue weighted by atomic mass is 9.70. The van der Waals surface area contributed by atoms with Crippen LogP contribution in [-0.4, -0.2) is 45.7 Å². The molecule has 154 valence electrons. The average Bonchev–Trinajstić information content (AvgIpc) is 3.42. The van der Waals surface area contributed by atoms with Crippen LogP contribution < -0.4 is 0 Å². The SMILES string of the molecule is CCOC(=O)[C@@]1(Cc2ccccc2)C[C@H]2CC[C@@H]1N2C(=O)c1cc(C(F)F)[nH]n1. The van der Waals surface area contributed by atoms with Gasteiger partial charge in [0.1, 0.15) is 5.69 Å². The van der Waals surface area contributed by atoms with Gasteiger partial charge in [-0.2, -0.15) is 5.10 Å². The highest BCUT2D eigenvalue weighted by molar-refractivity contribution is 5.94. The number of nitrogens with zero attached hydrogens (tertiary/aromatic N) is 2. The topological polar surface area (TPSA) is 75.3 Å². The van der Waals surface area contributed by atoms with Crippen LogP contribution in [0.15, 0.2) is 36.4 Å². The number of nitrogens with one attached hydrogen (secondary N) is 1. The fourth-order valence-corrected chi connectivity index (χ4v) is 4.90. The molecule has 0 aliphatic carbocycles. The zero-order valence-corrected chi connectivity index (χ0v) is 16.1. The third kappa shape index (κ3) is 3.30. The summed E-state index contributed by atoms with van der Waals surface area (Å²) in [6.07, 6.45) is -0.299. The van der Waals surface area contributed by atoms with Crippen molar-refractivity contribution in [2.75, 3.05) is 6.61 Å². The number of carbonyl (C=O) groups excluding carboxylic acids is 2. The first kappa shape index (κ1) is 19.5. The minimum atomic E-state index is -2.73. The Bertz CT molecular complexity index is 902.